The molecule has 1 atom stereocenters. The van der Waals surface area contributed by atoms with Gasteiger partial charge in [0.25, 0.3) is 5.69 Å². The number of non-ortho nitro benzene ring substituents is 1. The van der Waals surface area contributed by atoms with Crippen molar-refractivity contribution >= 4 is 29.8 Å². The highest BCUT2D eigenvalue weighted by Gasteiger charge is 2.11. The SMILES string of the molecule is C=C(C)C(=O)OC.C=C(C)C(=O)OC(C)Oc1ccc(C=Cc2ccc([N+](=O)[O-])cc2)cc1. The lowest BCUT2D eigenvalue weighted by atomic mass is 10.1. The zero-order chi connectivity index (χ0) is 25.0. The minimum Gasteiger partial charge on any atom is -0.466 e. The van der Waals surface area contributed by atoms with Gasteiger partial charge in [-0.05, 0) is 49.2 Å². The minimum atomic E-state index is -0.722. The Morgan fingerprint density at radius 1 is 0.909 bits per heavy atom. The summed E-state index contributed by atoms with van der Waals surface area (Å²) >= 11 is 0. The average Bonchev–Trinajstić information content (AvgIpc) is 2.78. The number of benzene rings is 2. The first-order valence-corrected chi connectivity index (χ1v) is 9.83. The van der Waals surface area contributed by atoms with Gasteiger partial charge in [0.2, 0.25) is 6.29 Å². The van der Waals surface area contributed by atoms with Crippen LogP contribution in [0.1, 0.15) is 31.9 Å². The smallest absolute Gasteiger partial charge is 0.336 e. The second-order valence-corrected chi connectivity index (χ2v) is 6.89. The standard InChI is InChI=1S/C20H19NO5.C5H8O2/c1-14(2)20(22)26-15(3)25-19-12-8-17(9-13-19)5-4-16-6-10-18(11-7-16)21(23)24;1-4(2)5(6)7-3/h4-13,15H,1H2,2-3H3;1H2,2-3H3. The Hall–Kier alpha value is -4.20. The Labute approximate surface area is 192 Å². The summed E-state index contributed by atoms with van der Waals surface area (Å²) in [5.74, 6) is -0.278. The molecule has 2 rings (SSSR count). The van der Waals surface area contributed by atoms with Gasteiger partial charge in [-0.3, -0.25) is 10.1 Å². The van der Waals surface area contributed by atoms with E-state index in [1.165, 1.54) is 19.2 Å². The molecule has 0 heterocycles. The normalized spacial score (nSPS) is 10.9. The maximum Gasteiger partial charge on any atom is 0.336 e. The van der Waals surface area contributed by atoms with Crippen LogP contribution in [0.5, 0.6) is 5.75 Å². The van der Waals surface area contributed by atoms with Crippen LogP contribution >= 0.6 is 0 Å². The van der Waals surface area contributed by atoms with Crippen LogP contribution in [-0.4, -0.2) is 30.3 Å². The van der Waals surface area contributed by atoms with Crippen molar-refractivity contribution in [3.63, 3.8) is 0 Å². The molecule has 0 fully saturated rings. The zero-order valence-corrected chi connectivity index (χ0v) is 19.1. The quantitative estimate of drug-likeness (QED) is 0.133. The lowest BCUT2D eigenvalue weighted by Crippen LogP contribution is -2.21. The molecule has 0 aliphatic heterocycles. The second-order valence-electron chi connectivity index (χ2n) is 6.89. The summed E-state index contributed by atoms with van der Waals surface area (Å²) in [7, 11) is 1.33. The number of rotatable bonds is 8. The van der Waals surface area contributed by atoms with E-state index in [1.54, 1.807) is 45.0 Å². The number of nitro groups is 1. The van der Waals surface area contributed by atoms with Crippen LogP contribution in [0.4, 0.5) is 5.69 Å². The van der Waals surface area contributed by atoms with Crippen LogP contribution < -0.4 is 4.74 Å². The van der Waals surface area contributed by atoms with E-state index in [2.05, 4.69) is 17.9 Å². The van der Waals surface area contributed by atoms with E-state index in [9.17, 15) is 19.7 Å². The number of methoxy groups -OCH3 is 1. The molecule has 0 N–H and O–H groups in total. The van der Waals surface area contributed by atoms with Crippen LogP contribution in [0.15, 0.2) is 72.8 Å². The van der Waals surface area contributed by atoms with Crippen molar-refractivity contribution in [2.45, 2.75) is 27.1 Å². The molecule has 33 heavy (non-hydrogen) atoms. The Morgan fingerprint density at radius 3 is 1.73 bits per heavy atom. The van der Waals surface area contributed by atoms with E-state index in [0.29, 0.717) is 16.9 Å². The third-order valence-corrected chi connectivity index (χ3v) is 3.91. The van der Waals surface area contributed by atoms with Gasteiger partial charge < -0.3 is 14.2 Å². The van der Waals surface area contributed by atoms with Crippen LogP contribution in [0.25, 0.3) is 12.2 Å². The van der Waals surface area contributed by atoms with Gasteiger partial charge in [-0.1, -0.05) is 37.4 Å². The molecule has 174 valence electrons. The van der Waals surface area contributed by atoms with Crippen molar-refractivity contribution in [3.8, 4) is 5.75 Å². The van der Waals surface area contributed by atoms with Gasteiger partial charge in [0.1, 0.15) is 5.75 Å². The van der Waals surface area contributed by atoms with Gasteiger partial charge in [0, 0.05) is 30.2 Å². The molecule has 1 unspecified atom stereocenters. The molecular weight excluding hydrogens is 426 g/mol. The molecule has 2 aromatic rings. The highest BCUT2D eigenvalue weighted by atomic mass is 16.7. The van der Waals surface area contributed by atoms with Crippen molar-refractivity contribution in [1.29, 1.82) is 0 Å². The van der Waals surface area contributed by atoms with Crippen LogP contribution in [0.3, 0.4) is 0 Å². The first kappa shape index (κ1) is 26.8. The number of hydrogen-bond donors (Lipinski definition) is 0. The number of ether oxygens (including phenoxy) is 3. The van der Waals surface area contributed by atoms with Gasteiger partial charge in [0.05, 0.1) is 12.0 Å². The predicted octanol–water partition coefficient (Wildman–Crippen LogP) is 5.34. The average molecular weight is 453 g/mol. The first-order chi connectivity index (χ1) is 15.5. The number of esters is 2. The number of nitro benzene ring substituents is 1. The van der Waals surface area contributed by atoms with Crippen molar-refractivity contribution < 1.29 is 28.7 Å². The highest BCUT2D eigenvalue weighted by Crippen LogP contribution is 2.18. The fourth-order valence-corrected chi connectivity index (χ4v) is 2.20. The fraction of sp³-hybridized carbons (Fsp3) is 0.200. The molecule has 0 saturated heterocycles. The molecule has 2 aromatic carbocycles. The summed E-state index contributed by atoms with van der Waals surface area (Å²) in [6.07, 6.45) is 3.02. The molecule has 0 bridgehead atoms. The predicted molar refractivity (Wildman–Crippen MR) is 126 cm³/mol. The van der Waals surface area contributed by atoms with E-state index >= 15 is 0 Å². The van der Waals surface area contributed by atoms with Gasteiger partial charge in [-0.2, -0.15) is 0 Å². The van der Waals surface area contributed by atoms with Crippen LogP contribution in [0.2, 0.25) is 0 Å². The van der Waals surface area contributed by atoms with Gasteiger partial charge in [-0.15, -0.1) is 0 Å². The largest absolute Gasteiger partial charge is 0.466 e. The summed E-state index contributed by atoms with van der Waals surface area (Å²) < 4.78 is 14.8. The number of hydrogen-bond acceptors (Lipinski definition) is 7. The summed E-state index contributed by atoms with van der Waals surface area (Å²) in [5, 5.41) is 10.6. The molecule has 0 spiro atoms. The van der Waals surface area contributed by atoms with Gasteiger partial charge >= 0.3 is 11.9 Å². The topological polar surface area (TPSA) is 105 Å². The Bertz CT molecular complexity index is 1020. The molecule has 0 amide bonds. The van der Waals surface area contributed by atoms with E-state index in [0.717, 1.165) is 11.1 Å². The van der Waals surface area contributed by atoms with Crippen molar-refractivity contribution in [2.24, 2.45) is 0 Å². The maximum absolute atomic E-state index is 11.4. The number of nitrogens with zero attached hydrogens (tertiary/aromatic N) is 1. The Kier molecular flexibility index (Phi) is 10.8. The summed E-state index contributed by atoms with van der Waals surface area (Å²) in [4.78, 5) is 31.8. The lowest BCUT2D eigenvalue weighted by Gasteiger charge is -2.15. The molecule has 0 radical (unpaired) electrons. The molecule has 0 aliphatic carbocycles. The summed E-state index contributed by atoms with van der Waals surface area (Å²) in [6.45, 7) is 11.7. The van der Waals surface area contributed by atoms with Crippen molar-refractivity contribution in [2.75, 3.05) is 7.11 Å². The highest BCUT2D eigenvalue weighted by molar-refractivity contribution is 5.87. The molecule has 0 aromatic heterocycles. The Morgan fingerprint density at radius 2 is 1.36 bits per heavy atom. The lowest BCUT2D eigenvalue weighted by molar-refractivity contribution is -0.384. The number of carbonyl (C=O) groups excluding carboxylic acids is 2. The van der Waals surface area contributed by atoms with Crippen molar-refractivity contribution in [1.82, 2.24) is 0 Å². The molecule has 8 heteroatoms. The zero-order valence-electron chi connectivity index (χ0n) is 19.1. The minimum absolute atomic E-state index is 0.0603. The van der Waals surface area contributed by atoms with Gasteiger partial charge in [0.15, 0.2) is 0 Å². The Balaban J connectivity index is 0.000000675. The monoisotopic (exact) mass is 453 g/mol. The third kappa shape index (κ3) is 10.1. The first-order valence-electron chi connectivity index (χ1n) is 9.83. The van der Waals surface area contributed by atoms with Gasteiger partial charge in [-0.25, -0.2) is 9.59 Å². The second kappa shape index (κ2) is 13.3. The molecule has 0 saturated carbocycles. The molecule has 8 nitrogen and oxygen atoms in total. The molecule has 0 aliphatic rings. The fourth-order valence-electron chi connectivity index (χ4n) is 2.20. The third-order valence-electron chi connectivity index (χ3n) is 3.91. The van der Waals surface area contributed by atoms with Crippen LogP contribution in [-0.2, 0) is 19.1 Å². The number of carbonyl (C=O) groups is 2. The molecular formula is C25H27NO7. The van der Waals surface area contributed by atoms with E-state index in [-0.39, 0.29) is 11.7 Å². The van der Waals surface area contributed by atoms with E-state index < -0.39 is 17.2 Å². The summed E-state index contributed by atoms with van der Waals surface area (Å²) in [5.41, 5.74) is 2.60. The van der Waals surface area contributed by atoms with E-state index in [4.69, 9.17) is 9.47 Å². The van der Waals surface area contributed by atoms with E-state index in [1.807, 2.05) is 24.3 Å². The maximum atomic E-state index is 11.4. The summed E-state index contributed by atoms with van der Waals surface area (Å²) in [6, 6.07) is 13.5. The van der Waals surface area contributed by atoms with Crippen molar-refractivity contribution in [3.05, 3.63) is 94.1 Å². The van der Waals surface area contributed by atoms with Crippen LogP contribution in [0, 0.1) is 10.1 Å².